The van der Waals surface area contributed by atoms with Crippen molar-refractivity contribution >= 4 is 17.3 Å². The second-order valence-electron chi connectivity index (χ2n) is 9.49. The molecule has 1 N–H and O–H groups in total. The molecule has 32 heavy (non-hydrogen) atoms. The van der Waals surface area contributed by atoms with Gasteiger partial charge in [-0.3, -0.25) is 4.90 Å². The molecular formula is C27H31N5. The van der Waals surface area contributed by atoms with Crippen LogP contribution >= 0.6 is 0 Å². The molecule has 0 unspecified atom stereocenters. The third kappa shape index (κ3) is 4.22. The summed E-state index contributed by atoms with van der Waals surface area (Å²) in [5, 5.41) is 3.49. The van der Waals surface area contributed by atoms with Crippen LogP contribution in [0.4, 0.5) is 17.3 Å². The van der Waals surface area contributed by atoms with Crippen LogP contribution in [0.2, 0.25) is 0 Å². The van der Waals surface area contributed by atoms with E-state index in [1.165, 1.54) is 55.3 Å². The van der Waals surface area contributed by atoms with Gasteiger partial charge in [0.2, 0.25) is 0 Å². The minimum atomic E-state index is 0.671. The van der Waals surface area contributed by atoms with Crippen LogP contribution in [0.5, 0.6) is 0 Å². The summed E-state index contributed by atoms with van der Waals surface area (Å²) in [4.78, 5) is 14.2. The molecule has 0 spiro atoms. The van der Waals surface area contributed by atoms with Crippen LogP contribution in [0, 0.1) is 0 Å². The maximum atomic E-state index is 4.59. The van der Waals surface area contributed by atoms with Crippen molar-refractivity contribution in [1.82, 2.24) is 14.9 Å². The summed E-state index contributed by atoms with van der Waals surface area (Å²) < 4.78 is 0. The van der Waals surface area contributed by atoms with Gasteiger partial charge in [0.15, 0.2) is 0 Å². The van der Waals surface area contributed by atoms with E-state index < -0.39 is 0 Å². The van der Waals surface area contributed by atoms with Crippen molar-refractivity contribution in [3.05, 3.63) is 77.6 Å². The van der Waals surface area contributed by atoms with Crippen LogP contribution in [-0.4, -0.2) is 40.5 Å². The number of nitrogens with zero attached hydrogens (tertiary/aromatic N) is 4. The Kier molecular flexibility index (Phi) is 5.27. The van der Waals surface area contributed by atoms with E-state index in [2.05, 4.69) is 79.7 Å². The van der Waals surface area contributed by atoms with Crippen LogP contribution in [-0.2, 0) is 13.0 Å². The Labute approximate surface area is 190 Å². The van der Waals surface area contributed by atoms with Crippen LogP contribution in [0.1, 0.15) is 48.3 Å². The number of rotatable bonds is 5. The summed E-state index contributed by atoms with van der Waals surface area (Å²) >= 11 is 0. The maximum absolute atomic E-state index is 4.59. The van der Waals surface area contributed by atoms with Gasteiger partial charge in [-0.25, -0.2) is 9.97 Å². The Morgan fingerprint density at radius 2 is 1.66 bits per heavy atom. The van der Waals surface area contributed by atoms with E-state index >= 15 is 0 Å². The maximum Gasteiger partial charge on any atom is 0.135 e. The highest BCUT2D eigenvalue weighted by Crippen LogP contribution is 2.40. The highest BCUT2D eigenvalue weighted by Gasteiger charge is 2.28. The van der Waals surface area contributed by atoms with Crippen molar-refractivity contribution < 1.29 is 0 Å². The smallest absolute Gasteiger partial charge is 0.135 e. The van der Waals surface area contributed by atoms with E-state index in [-0.39, 0.29) is 0 Å². The van der Waals surface area contributed by atoms with Crippen molar-refractivity contribution in [3.8, 4) is 0 Å². The molecule has 0 atom stereocenters. The minimum Gasteiger partial charge on any atom is -0.356 e. The van der Waals surface area contributed by atoms with Gasteiger partial charge in [0, 0.05) is 44.0 Å². The number of aromatic nitrogens is 2. The summed E-state index contributed by atoms with van der Waals surface area (Å²) in [7, 11) is 0. The van der Waals surface area contributed by atoms with Gasteiger partial charge in [-0.15, -0.1) is 0 Å². The second-order valence-corrected chi connectivity index (χ2v) is 9.49. The molecule has 3 heterocycles. The lowest BCUT2D eigenvalue weighted by molar-refractivity contribution is 0.153. The van der Waals surface area contributed by atoms with Crippen molar-refractivity contribution in [1.29, 1.82) is 0 Å². The van der Waals surface area contributed by atoms with Crippen molar-refractivity contribution in [2.75, 3.05) is 29.9 Å². The van der Waals surface area contributed by atoms with E-state index in [1.807, 2.05) is 0 Å². The Balaban J connectivity index is 1.08. The van der Waals surface area contributed by atoms with Gasteiger partial charge in [0.1, 0.15) is 18.0 Å². The number of hydrogen-bond acceptors (Lipinski definition) is 5. The van der Waals surface area contributed by atoms with Gasteiger partial charge in [0.05, 0.1) is 0 Å². The molecule has 1 aromatic heterocycles. The van der Waals surface area contributed by atoms with Gasteiger partial charge in [-0.05, 0) is 66.8 Å². The Bertz CT molecular complexity index is 1080. The number of hydrogen-bond donors (Lipinski definition) is 1. The monoisotopic (exact) mass is 425 g/mol. The second kappa shape index (κ2) is 8.55. The molecule has 6 rings (SSSR count). The zero-order chi connectivity index (χ0) is 21.3. The van der Waals surface area contributed by atoms with E-state index in [4.69, 9.17) is 0 Å². The third-order valence-corrected chi connectivity index (χ3v) is 7.33. The molecule has 2 aromatic carbocycles. The van der Waals surface area contributed by atoms with Gasteiger partial charge in [-0.1, -0.05) is 36.4 Å². The fourth-order valence-electron chi connectivity index (χ4n) is 5.31. The molecule has 2 fully saturated rings. The quantitative estimate of drug-likeness (QED) is 0.614. The highest BCUT2D eigenvalue weighted by molar-refractivity contribution is 5.60. The molecule has 3 aliphatic rings. The standard InChI is InChI=1S/C27H31N5/c1-2-5-23-18-32(13-10-20(23)4-1)25-11-14-31(15-12-25)27-17-26(28-19-29-27)30-24-7-3-6-22(16-24)21-8-9-21/h1-7,16-17,19,21,25H,8-15,18H2,(H,28,29,30). The molecule has 1 saturated heterocycles. The average Bonchev–Trinajstić information content (AvgIpc) is 3.70. The molecule has 0 amide bonds. The van der Waals surface area contributed by atoms with Crippen LogP contribution in [0.3, 0.4) is 0 Å². The van der Waals surface area contributed by atoms with Gasteiger partial charge in [0.25, 0.3) is 0 Å². The lowest BCUT2D eigenvalue weighted by atomic mass is 9.95. The molecule has 1 saturated carbocycles. The lowest BCUT2D eigenvalue weighted by Crippen LogP contribution is -2.46. The average molecular weight is 426 g/mol. The molecule has 5 nitrogen and oxygen atoms in total. The summed E-state index contributed by atoms with van der Waals surface area (Å²) in [5.74, 6) is 2.66. The van der Waals surface area contributed by atoms with E-state index in [0.717, 1.165) is 42.9 Å². The van der Waals surface area contributed by atoms with E-state index in [9.17, 15) is 0 Å². The highest BCUT2D eigenvalue weighted by atomic mass is 15.2. The van der Waals surface area contributed by atoms with Gasteiger partial charge in [-0.2, -0.15) is 0 Å². The molecule has 164 valence electrons. The number of nitrogens with one attached hydrogen (secondary N) is 1. The van der Waals surface area contributed by atoms with Crippen LogP contribution in [0.25, 0.3) is 0 Å². The number of piperidine rings is 1. The first-order valence-electron chi connectivity index (χ1n) is 12.1. The normalized spacial score (nSPS) is 19.6. The Morgan fingerprint density at radius 1 is 0.812 bits per heavy atom. The summed E-state index contributed by atoms with van der Waals surface area (Å²) in [6.45, 7) is 4.39. The first kappa shape index (κ1) is 19.7. The van der Waals surface area contributed by atoms with Crippen molar-refractivity contribution in [2.24, 2.45) is 0 Å². The molecule has 3 aromatic rings. The zero-order valence-corrected chi connectivity index (χ0v) is 18.6. The first-order chi connectivity index (χ1) is 15.8. The summed E-state index contributed by atoms with van der Waals surface area (Å²) in [6, 6.07) is 20.5. The van der Waals surface area contributed by atoms with Crippen molar-refractivity contribution in [2.45, 2.75) is 50.6 Å². The molecule has 1 aliphatic carbocycles. The first-order valence-corrected chi connectivity index (χ1v) is 12.1. The predicted octanol–water partition coefficient (Wildman–Crippen LogP) is 5.12. The van der Waals surface area contributed by atoms with Gasteiger partial charge < -0.3 is 10.2 Å². The SMILES string of the molecule is c1cc(Nc2cc(N3CCC(N4CCc5ccccc5C4)CC3)ncn2)cc(C2CC2)c1. The fourth-order valence-corrected chi connectivity index (χ4v) is 5.31. The van der Waals surface area contributed by atoms with Gasteiger partial charge >= 0.3 is 0 Å². The van der Waals surface area contributed by atoms with E-state index in [1.54, 1.807) is 6.33 Å². The number of anilines is 3. The van der Waals surface area contributed by atoms with Crippen LogP contribution < -0.4 is 10.2 Å². The molecule has 5 heteroatoms. The Hall–Kier alpha value is -2.92. The molecule has 0 radical (unpaired) electrons. The number of fused-ring (bicyclic) bond motifs is 1. The molecule has 2 aliphatic heterocycles. The predicted molar refractivity (Wildman–Crippen MR) is 130 cm³/mol. The summed E-state index contributed by atoms with van der Waals surface area (Å²) in [6.07, 6.45) is 7.90. The largest absolute Gasteiger partial charge is 0.356 e. The summed E-state index contributed by atoms with van der Waals surface area (Å²) in [5.41, 5.74) is 5.60. The van der Waals surface area contributed by atoms with E-state index in [0.29, 0.717) is 6.04 Å². The van der Waals surface area contributed by atoms with Crippen LogP contribution in [0.15, 0.2) is 60.9 Å². The molecular weight excluding hydrogens is 394 g/mol. The third-order valence-electron chi connectivity index (χ3n) is 7.33. The fraction of sp³-hybridized carbons (Fsp3) is 0.407. The topological polar surface area (TPSA) is 44.3 Å². The minimum absolute atomic E-state index is 0.671. The Morgan fingerprint density at radius 3 is 2.50 bits per heavy atom. The number of benzene rings is 2. The molecule has 0 bridgehead atoms. The zero-order valence-electron chi connectivity index (χ0n) is 18.6. The lowest BCUT2D eigenvalue weighted by Gasteiger charge is -2.41. The van der Waals surface area contributed by atoms with Crippen molar-refractivity contribution in [3.63, 3.8) is 0 Å².